The fourth-order valence-corrected chi connectivity index (χ4v) is 9.07. The molecule has 2 saturated heterocycles. The Balaban J connectivity index is 1.72. The summed E-state index contributed by atoms with van der Waals surface area (Å²) >= 11 is 0. The molecular formula is C37H58O4. The van der Waals surface area contributed by atoms with Crippen molar-refractivity contribution in [3.05, 3.63) is 22.3 Å². The van der Waals surface area contributed by atoms with E-state index in [-0.39, 0.29) is 33.9 Å². The van der Waals surface area contributed by atoms with E-state index in [2.05, 4.69) is 62.3 Å². The lowest BCUT2D eigenvalue weighted by Gasteiger charge is -2.59. The van der Waals surface area contributed by atoms with Crippen molar-refractivity contribution in [2.45, 2.75) is 154 Å². The summed E-state index contributed by atoms with van der Waals surface area (Å²) in [6.45, 7) is 24.7. The van der Waals surface area contributed by atoms with Crippen molar-refractivity contribution in [2.24, 2.45) is 17.8 Å². The topological polar surface area (TPSA) is 43.5 Å². The van der Waals surface area contributed by atoms with Crippen LogP contribution in [0.15, 0.2) is 0 Å². The second-order valence-electron chi connectivity index (χ2n) is 16.6. The summed E-state index contributed by atoms with van der Waals surface area (Å²) in [7, 11) is 0. The highest BCUT2D eigenvalue weighted by Gasteiger charge is 2.56. The van der Waals surface area contributed by atoms with E-state index in [0.29, 0.717) is 13.2 Å². The van der Waals surface area contributed by atoms with Gasteiger partial charge in [-0.1, -0.05) is 62.3 Å². The molecule has 2 atom stereocenters. The summed E-state index contributed by atoms with van der Waals surface area (Å²) in [4.78, 5) is 0. The van der Waals surface area contributed by atoms with Crippen LogP contribution >= 0.6 is 0 Å². The lowest BCUT2D eigenvalue weighted by atomic mass is 9.46. The van der Waals surface area contributed by atoms with Gasteiger partial charge >= 0.3 is 0 Å². The molecule has 2 unspecified atom stereocenters. The number of hydrogen-bond acceptors (Lipinski definition) is 4. The van der Waals surface area contributed by atoms with E-state index in [9.17, 15) is 0 Å². The van der Waals surface area contributed by atoms with Gasteiger partial charge in [-0.3, -0.25) is 0 Å². The summed E-state index contributed by atoms with van der Waals surface area (Å²) in [6, 6.07) is 0. The Bertz CT molecular complexity index is 1100. The van der Waals surface area contributed by atoms with Gasteiger partial charge in [-0.15, -0.1) is 0 Å². The highest BCUT2D eigenvalue weighted by atomic mass is 16.6. The molecule has 6 fully saturated rings. The van der Waals surface area contributed by atoms with E-state index >= 15 is 0 Å². The number of epoxide rings is 2. The van der Waals surface area contributed by atoms with E-state index in [4.69, 9.17) is 18.9 Å². The fraction of sp³-hybridized carbons (Fsp3) is 0.838. The maximum Gasteiger partial charge on any atom is 0.130 e. The van der Waals surface area contributed by atoms with Crippen LogP contribution in [0, 0.1) is 17.8 Å². The predicted octanol–water partition coefficient (Wildman–Crippen LogP) is 8.77. The van der Waals surface area contributed by atoms with Gasteiger partial charge in [0, 0.05) is 22.1 Å². The third-order valence-electron chi connectivity index (χ3n) is 12.3. The molecule has 0 amide bonds. The Morgan fingerprint density at radius 3 is 1.41 bits per heavy atom. The monoisotopic (exact) mass is 566 g/mol. The molecule has 0 spiro atoms. The van der Waals surface area contributed by atoms with Crippen molar-refractivity contribution < 1.29 is 18.9 Å². The maximum absolute atomic E-state index is 7.18. The quantitative estimate of drug-likeness (QED) is 0.224. The predicted molar refractivity (Wildman–Crippen MR) is 167 cm³/mol. The zero-order valence-corrected chi connectivity index (χ0v) is 27.7. The number of hydrogen-bond donors (Lipinski definition) is 0. The minimum Gasteiger partial charge on any atom is -0.490 e. The van der Waals surface area contributed by atoms with Crippen molar-refractivity contribution in [2.75, 3.05) is 26.4 Å². The summed E-state index contributed by atoms with van der Waals surface area (Å²) < 4.78 is 25.6. The third-order valence-corrected chi connectivity index (χ3v) is 12.3. The van der Waals surface area contributed by atoms with Crippen LogP contribution in [0.1, 0.15) is 142 Å². The van der Waals surface area contributed by atoms with E-state index in [1.165, 1.54) is 55.4 Å². The van der Waals surface area contributed by atoms with Gasteiger partial charge in [0.1, 0.15) is 36.9 Å². The molecule has 4 aliphatic carbocycles. The molecule has 2 aliphatic heterocycles. The standard InChI is InChI=1S/C37H58O4/c1-10-34(4,5)28-29(35(6,7)11-2)32(40-21-26-19-38-26)31(36(8,9)12-3)33(41-22-27-20-39-27)30(28)37-16-23-13-24(17-37)15-25(14-23)18-37/h23-27H,10-22H2,1-9H3. The van der Waals surface area contributed by atoms with Crippen LogP contribution in [0.3, 0.4) is 0 Å². The molecule has 2 heterocycles. The minimum absolute atomic E-state index is 0.00227. The van der Waals surface area contributed by atoms with E-state index in [1.807, 2.05) is 0 Å². The Labute approximate surface area is 250 Å². The molecule has 0 N–H and O–H groups in total. The smallest absolute Gasteiger partial charge is 0.130 e. The zero-order chi connectivity index (χ0) is 29.4. The first-order valence-corrected chi connectivity index (χ1v) is 17.1. The second-order valence-corrected chi connectivity index (χ2v) is 16.6. The Morgan fingerprint density at radius 2 is 1.00 bits per heavy atom. The molecule has 4 heteroatoms. The SMILES string of the molecule is CCC(C)(C)c1c(OCC2CO2)c(C(C)(C)CC)c(C(C)(C)CC)c(C23CC4CC(CC(C4)C2)C3)c1OCC1CO1. The van der Waals surface area contributed by atoms with Crippen molar-refractivity contribution >= 4 is 0 Å². The number of rotatable bonds is 13. The molecule has 4 saturated carbocycles. The molecule has 0 radical (unpaired) electrons. The molecule has 1 aromatic rings. The molecule has 230 valence electrons. The van der Waals surface area contributed by atoms with Gasteiger partial charge in [-0.25, -0.2) is 0 Å². The van der Waals surface area contributed by atoms with Crippen LogP contribution < -0.4 is 9.47 Å². The molecule has 4 bridgehead atoms. The zero-order valence-electron chi connectivity index (χ0n) is 27.7. The molecular weight excluding hydrogens is 508 g/mol. The maximum atomic E-state index is 7.18. The molecule has 4 nitrogen and oxygen atoms in total. The highest BCUT2D eigenvalue weighted by Crippen LogP contribution is 2.66. The lowest BCUT2D eigenvalue weighted by Crippen LogP contribution is -2.50. The fourth-order valence-electron chi connectivity index (χ4n) is 9.07. The van der Waals surface area contributed by atoms with Gasteiger partial charge in [0.05, 0.1) is 13.2 Å². The summed E-state index contributed by atoms with van der Waals surface area (Å²) in [5.41, 5.74) is 6.00. The average molecular weight is 567 g/mol. The lowest BCUT2D eigenvalue weighted by molar-refractivity contribution is -0.00759. The largest absolute Gasteiger partial charge is 0.490 e. The molecule has 7 rings (SSSR count). The van der Waals surface area contributed by atoms with Crippen LogP contribution in [0.25, 0.3) is 0 Å². The normalized spacial score (nSPS) is 32.4. The summed E-state index contributed by atoms with van der Waals surface area (Å²) in [6.07, 6.45) is 11.9. The number of benzene rings is 1. The van der Waals surface area contributed by atoms with Crippen LogP contribution in [-0.4, -0.2) is 38.6 Å². The van der Waals surface area contributed by atoms with Crippen molar-refractivity contribution in [3.63, 3.8) is 0 Å². The minimum atomic E-state index is -0.0933. The van der Waals surface area contributed by atoms with Crippen molar-refractivity contribution in [1.29, 1.82) is 0 Å². The average Bonchev–Trinajstić information content (AvgIpc) is 3.84. The molecule has 6 aliphatic rings. The van der Waals surface area contributed by atoms with Crippen molar-refractivity contribution in [3.8, 4) is 11.5 Å². The van der Waals surface area contributed by atoms with Gasteiger partial charge in [0.2, 0.25) is 0 Å². The van der Waals surface area contributed by atoms with E-state index in [0.717, 1.165) is 56.0 Å². The van der Waals surface area contributed by atoms with Crippen LogP contribution in [-0.2, 0) is 31.1 Å². The molecule has 1 aromatic carbocycles. The first kappa shape index (κ1) is 29.8. The summed E-state index contributed by atoms with van der Waals surface area (Å²) in [5, 5.41) is 0. The van der Waals surface area contributed by atoms with Gasteiger partial charge in [0.25, 0.3) is 0 Å². The first-order valence-electron chi connectivity index (χ1n) is 17.1. The molecule has 41 heavy (non-hydrogen) atoms. The Hall–Kier alpha value is -1.26. The van der Waals surface area contributed by atoms with Gasteiger partial charge in [-0.05, 0) is 97.3 Å². The van der Waals surface area contributed by atoms with Crippen LogP contribution in [0.4, 0.5) is 0 Å². The Kier molecular flexibility index (Phi) is 7.58. The van der Waals surface area contributed by atoms with Gasteiger partial charge < -0.3 is 18.9 Å². The van der Waals surface area contributed by atoms with Crippen LogP contribution in [0.2, 0.25) is 0 Å². The summed E-state index contributed by atoms with van der Waals surface area (Å²) in [5.74, 6) is 4.88. The van der Waals surface area contributed by atoms with E-state index in [1.54, 1.807) is 11.1 Å². The van der Waals surface area contributed by atoms with Crippen LogP contribution in [0.5, 0.6) is 11.5 Å². The third kappa shape index (κ3) is 5.36. The van der Waals surface area contributed by atoms with E-state index < -0.39 is 0 Å². The van der Waals surface area contributed by atoms with Gasteiger partial charge in [0.15, 0.2) is 0 Å². The highest BCUT2D eigenvalue weighted by molar-refractivity contribution is 5.68. The molecule has 0 aromatic heterocycles. The Morgan fingerprint density at radius 1 is 0.610 bits per heavy atom. The van der Waals surface area contributed by atoms with Crippen molar-refractivity contribution in [1.82, 2.24) is 0 Å². The number of ether oxygens (including phenoxy) is 4. The van der Waals surface area contributed by atoms with Gasteiger partial charge in [-0.2, -0.15) is 0 Å². The first-order chi connectivity index (χ1) is 19.3. The second kappa shape index (κ2) is 10.4.